The molecule has 0 N–H and O–H groups in total. The van der Waals surface area contributed by atoms with E-state index in [0.717, 1.165) is 66.5 Å². The van der Waals surface area contributed by atoms with Crippen LogP contribution in [0.25, 0.3) is 66.9 Å². The van der Waals surface area contributed by atoms with Gasteiger partial charge in [0.15, 0.2) is 23.1 Å². The summed E-state index contributed by atoms with van der Waals surface area (Å²) in [4.78, 5) is 17.4. The molecule has 0 atom stereocenters. The third kappa shape index (κ3) is 4.77. The third-order valence-corrected chi connectivity index (χ3v) is 8.68. The summed E-state index contributed by atoms with van der Waals surface area (Å²) in [7, 11) is 0. The quantitative estimate of drug-likeness (QED) is 0.186. The molecule has 0 saturated carbocycles. The molecular weight excluding hydrogens is 589 g/mol. The van der Waals surface area contributed by atoms with E-state index >= 15 is 0 Å². The van der Waals surface area contributed by atoms with Crippen molar-refractivity contribution in [1.82, 2.24) is 15.0 Å². The normalized spacial score (nSPS) is 11.3. The highest BCUT2D eigenvalue weighted by Crippen LogP contribution is 2.47. The summed E-state index contributed by atoms with van der Waals surface area (Å²) in [5, 5.41) is 4.16. The van der Waals surface area contributed by atoms with Crippen molar-refractivity contribution in [3.8, 4) is 34.2 Å². The lowest BCUT2D eigenvalue weighted by Gasteiger charge is -2.27. The molecule has 0 aliphatic rings. The fraction of sp³-hybridized carbons (Fsp3) is 0. The summed E-state index contributed by atoms with van der Waals surface area (Å²) in [5.41, 5.74) is 7.37. The zero-order valence-corrected chi connectivity index (χ0v) is 25.9. The summed E-state index contributed by atoms with van der Waals surface area (Å²) in [5.74, 6) is 1.83. The van der Waals surface area contributed by atoms with Gasteiger partial charge in [-0.25, -0.2) is 15.0 Å². The summed E-state index contributed by atoms with van der Waals surface area (Å²) < 4.78 is 6.89. The van der Waals surface area contributed by atoms with Crippen molar-refractivity contribution < 1.29 is 4.42 Å². The zero-order chi connectivity index (χ0) is 31.9. The average molecular weight is 617 g/mol. The molecule has 0 aliphatic heterocycles. The van der Waals surface area contributed by atoms with Crippen molar-refractivity contribution in [2.45, 2.75) is 0 Å². The summed E-state index contributed by atoms with van der Waals surface area (Å²) in [6, 6.07) is 57.9. The van der Waals surface area contributed by atoms with Crippen LogP contribution in [0.4, 0.5) is 17.1 Å². The van der Waals surface area contributed by atoms with E-state index in [4.69, 9.17) is 19.4 Å². The number of hydrogen-bond donors (Lipinski definition) is 0. The number of nitrogens with zero attached hydrogens (tertiary/aromatic N) is 4. The van der Waals surface area contributed by atoms with Crippen molar-refractivity contribution in [3.05, 3.63) is 170 Å². The summed E-state index contributed by atoms with van der Waals surface area (Å²) in [6.07, 6.45) is 0. The second-order valence-electron chi connectivity index (χ2n) is 11.6. The number of rotatable bonds is 6. The number of aromatic nitrogens is 3. The van der Waals surface area contributed by atoms with Gasteiger partial charge in [-0.15, -0.1) is 0 Å². The molecule has 226 valence electrons. The van der Waals surface area contributed by atoms with E-state index in [1.54, 1.807) is 0 Å². The molecular formula is C43H28N4O. The third-order valence-electron chi connectivity index (χ3n) is 8.68. The van der Waals surface area contributed by atoms with Crippen molar-refractivity contribution >= 4 is 49.8 Å². The first-order chi connectivity index (χ1) is 23.8. The second kappa shape index (κ2) is 11.6. The van der Waals surface area contributed by atoms with Gasteiger partial charge in [0.1, 0.15) is 5.58 Å². The largest absolute Gasteiger partial charge is 0.454 e. The van der Waals surface area contributed by atoms with Gasteiger partial charge in [-0.2, -0.15) is 0 Å². The van der Waals surface area contributed by atoms with Crippen molar-refractivity contribution in [2.24, 2.45) is 0 Å². The zero-order valence-electron chi connectivity index (χ0n) is 25.9. The van der Waals surface area contributed by atoms with Gasteiger partial charge >= 0.3 is 0 Å². The predicted molar refractivity (Wildman–Crippen MR) is 196 cm³/mol. The number of fused-ring (bicyclic) bond motifs is 4. The lowest BCUT2D eigenvalue weighted by atomic mass is 9.99. The van der Waals surface area contributed by atoms with Crippen LogP contribution in [0.3, 0.4) is 0 Å². The molecule has 2 heterocycles. The van der Waals surface area contributed by atoms with Gasteiger partial charge in [-0.1, -0.05) is 133 Å². The molecule has 0 spiro atoms. The Hall–Kier alpha value is -6.59. The van der Waals surface area contributed by atoms with Crippen molar-refractivity contribution in [2.75, 3.05) is 4.90 Å². The lowest BCUT2D eigenvalue weighted by Crippen LogP contribution is -2.10. The summed E-state index contributed by atoms with van der Waals surface area (Å²) in [6.45, 7) is 0. The van der Waals surface area contributed by atoms with Crippen LogP contribution in [-0.4, -0.2) is 15.0 Å². The molecule has 5 nitrogen and oxygen atoms in total. The minimum absolute atomic E-state index is 0.591. The molecule has 0 saturated heterocycles. The average Bonchev–Trinajstić information content (AvgIpc) is 3.54. The van der Waals surface area contributed by atoms with Crippen LogP contribution in [0, 0.1) is 0 Å². The van der Waals surface area contributed by atoms with Gasteiger partial charge in [0.05, 0.1) is 5.69 Å². The molecule has 0 unspecified atom stereocenters. The highest BCUT2D eigenvalue weighted by Gasteiger charge is 2.24. The van der Waals surface area contributed by atoms with E-state index in [9.17, 15) is 0 Å². The maximum absolute atomic E-state index is 6.89. The fourth-order valence-corrected chi connectivity index (χ4v) is 6.50. The minimum atomic E-state index is 0.591. The van der Waals surface area contributed by atoms with E-state index in [-0.39, 0.29) is 0 Å². The Morgan fingerprint density at radius 3 is 1.56 bits per heavy atom. The topological polar surface area (TPSA) is 55.1 Å². The molecule has 0 fully saturated rings. The Morgan fingerprint density at radius 2 is 0.958 bits per heavy atom. The molecule has 7 aromatic carbocycles. The maximum Gasteiger partial charge on any atom is 0.164 e. The Labute approximate surface area is 277 Å². The van der Waals surface area contributed by atoms with Crippen LogP contribution >= 0.6 is 0 Å². The van der Waals surface area contributed by atoms with Gasteiger partial charge in [-0.05, 0) is 41.8 Å². The Morgan fingerprint density at radius 1 is 0.438 bits per heavy atom. The van der Waals surface area contributed by atoms with Gasteiger partial charge in [-0.3, -0.25) is 0 Å². The molecule has 0 amide bonds. The van der Waals surface area contributed by atoms with Crippen LogP contribution in [-0.2, 0) is 0 Å². The van der Waals surface area contributed by atoms with E-state index < -0.39 is 0 Å². The number of furan rings is 1. The van der Waals surface area contributed by atoms with Crippen LogP contribution in [0.5, 0.6) is 0 Å². The number of anilines is 3. The van der Waals surface area contributed by atoms with Crippen molar-refractivity contribution in [3.63, 3.8) is 0 Å². The molecule has 0 radical (unpaired) electrons. The maximum atomic E-state index is 6.89. The number of benzene rings is 7. The molecule has 0 bridgehead atoms. The Balaban J connectivity index is 1.36. The van der Waals surface area contributed by atoms with Crippen LogP contribution in [0.15, 0.2) is 174 Å². The van der Waals surface area contributed by atoms with E-state index in [2.05, 4.69) is 89.8 Å². The number of hydrogen-bond acceptors (Lipinski definition) is 5. The van der Waals surface area contributed by atoms with E-state index in [1.165, 1.54) is 0 Å². The fourth-order valence-electron chi connectivity index (χ4n) is 6.50. The molecule has 9 aromatic rings. The molecule has 5 heteroatoms. The standard InChI is InChI=1S/C43H28N4O/c1-5-16-29(17-6-1)41-44-42(30-18-7-2-8-19-30)46-43(45-41)35-26-15-27-37-38(35)36-28-31-20-13-14-25-34(31)39(40(36)48-37)47(32-21-9-3-10-22-32)33-23-11-4-12-24-33/h1-28H. The monoisotopic (exact) mass is 616 g/mol. The van der Waals surface area contributed by atoms with Gasteiger partial charge in [0, 0.05) is 44.2 Å². The van der Waals surface area contributed by atoms with E-state index in [0.29, 0.717) is 17.5 Å². The highest BCUT2D eigenvalue weighted by atomic mass is 16.3. The second-order valence-corrected chi connectivity index (χ2v) is 11.6. The van der Waals surface area contributed by atoms with Crippen LogP contribution in [0.1, 0.15) is 0 Å². The first-order valence-corrected chi connectivity index (χ1v) is 16.0. The Kier molecular flexibility index (Phi) is 6.72. The smallest absolute Gasteiger partial charge is 0.164 e. The molecule has 48 heavy (non-hydrogen) atoms. The lowest BCUT2D eigenvalue weighted by molar-refractivity contribution is 0.669. The van der Waals surface area contributed by atoms with E-state index in [1.807, 2.05) is 84.9 Å². The molecule has 9 rings (SSSR count). The Bertz CT molecular complexity index is 2450. The van der Waals surface area contributed by atoms with Gasteiger partial charge < -0.3 is 9.32 Å². The minimum Gasteiger partial charge on any atom is -0.454 e. The molecule has 0 aliphatic carbocycles. The van der Waals surface area contributed by atoms with Crippen molar-refractivity contribution in [1.29, 1.82) is 0 Å². The van der Waals surface area contributed by atoms with Gasteiger partial charge in [0.2, 0.25) is 0 Å². The summed E-state index contributed by atoms with van der Waals surface area (Å²) >= 11 is 0. The number of para-hydroxylation sites is 2. The van der Waals surface area contributed by atoms with Gasteiger partial charge in [0.25, 0.3) is 0 Å². The molecule has 2 aromatic heterocycles. The van der Waals surface area contributed by atoms with Crippen LogP contribution in [0.2, 0.25) is 0 Å². The predicted octanol–water partition coefficient (Wildman–Crippen LogP) is 11.4. The highest BCUT2D eigenvalue weighted by molar-refractivity contribution is 6.22. The van der Waals surface area contributed by atoms with Crippen LogP contribution < -0.4 is 4.90 Å². The first-order valence-electron chi connectivity index (χ1n) is 16.0. The SMILES string of the molecule is c1ccc(-c2nc(-c3ccccc3)nc(-c3cccc4oc5c(N(c6ccccc6)c6ccccc6)c6ccccc6cc5c34)n2)cc1. The first kappa shape index (κ1) is 27.7.